The van der Waals surface area contributed by atoms with Crippen molar-refractivity contribution in [3.05, 3.63) is 70.5 Å². The maximum atomic E-state index is 13.2. The Morgan fingerprint density at radius 2 is 1.93 bits per heavy atom. The molecule has 1 fully saturated rings. The molecule has 2 aromatic rings. The van der Waals surface area contributed by atoms with E-state index >= 15 is 0 Å². The third kappa shape index (κ3) is 4.72. The largest absolute Gasteiger partial charge is 0.396 e. The zero-order chi connectivity index (χ0) is 20.1. The van der Waals surface area contributed by atoms with Gasteiger partial charge in [-0.15, -0.1) is 0 Å². The number of halogens is 2. The molecule has 0 bridgehead atoms. The van der Waals surface area contributed by atoms with Gasteiger partial charge in [-0.05, 0) is 48.6 Å². The monoisotopic (exact) mass is 405 g/mol. The SMILES string of the molecule is O=C(CCc1ccccc1Cl)N1CC[C@H](O)[C@@](CO)(Cc2ccc(F)cc2)C1. The number of aliphatic hydroxyl groups is 2. The van der Waals surface area contributed by atoms with Crippen molar-refractivity contribution in [2.45, 2.75) is 31.8 Å². The molecule has 0 spiro atoms. The number of carbonyl (C=O) groups is 1. The zero-order valence-electron chi connectivity index (χ0n) is 15.7. The molecule has 2 aromatic carbocycles. The molecule has 1 amide bonds. The van der Waals surface area contributed by atoms with Crippen molar-refractivity contribution >= 4 is 17.5 Å². The summed E-state index contributed by atoms with van der Waals surface area (Å²) >= 11 is 6.16. The molecule has 0 unspecified atom stereocenters. The fourth-order valence-electron chi connectivity index (χ4n) is 3.86. The molecule has 2 N–H and O–H groups in total. The zero-order valence-corrected chi connectivity index (χ0v) is 16.4. The molecule has 6 heteroatoms. The summed E-state index contributed by atoms with van der Waals surface area (Å²) in [5.74, 6) is -0.355. The van der Waals surface area contributed by atoms with Crippen LogP contribution in [0.2, 0.25) is 5.02 Å². The van der Waals surface area contributed by atoms with E-state index in [0.717, 1.165) is 11.1 Å². The Hall–Kier alpha value is -1.95. The lowest BCUT2D eigenvalue weighted by Crippen LogP contribution is -2.56. The van der Waals surface area contributed by atoms with Crippen LogP contribution in [0.15, 0.2) is 48.5 Å². The molecule has 1 aliphatic heterocycles. The minimum atomic E-state index is -0.851. The first-order valence-corrected chi connectivity index (χ1v) is 9.86. The molecule has 0 aromatic heterocycles. The lowest BCUT2D eigenvalue weighted by Gasteiger charge is -2.45. The van der Waals surface area contributed by atoms with Gasteiger partial charge in [-0.2, -0.15) is 0 Å². The van der Waals surface area contributed by atoms with Gasteiger partial charge in [0.1, 0.15) is 5.82 Å². The Balaban J connectivity index is 1.68. The average Bonchev–Trinajstić information content (AvgIpc) is 2.70. The number of aliphatic hydroxyl groups excluding tert-OH is 2. The summed E-state index contributed by atoms with van der Waals surface area (Å²) in [4.78, 5) is 14.5. The van der Waals surface area contributed by atoms with Gasteiger partial charge in [-0.3, -0.25) is 4.79 Å². The van der Waals surface area contributed by atoms with Crippen molar-refractivity contribution in [2.75, 3.05) is 19.7 Å². The number of piperidine rings is 1. The Kier molecular flexibility index (Phi) is 6.70. The molecule has 1 saturated heterocycles. The third-order valence-electron chi connectivity index (χ3n) is 5.59. The second-order valence-corrected chi connectivity index (χ2v) is 7.94. The van der Waals surface area contributed by atoms with Gasteiger partial charge in [0.15, 0.2) is 0 Å². The third-order valence-corrected chi connectivity index (χ3v) is 5.96. The normalized spacial score (nSPS) is 22.3. The summed E-state index contributed by atoms with van der Waals surface area (Å²) < 4.78 is 13.2. The quantitative estimate of drug-likeness (QED) is 0.775. The minimum absolute atomic E-state index is 0.0243. The molecular weight excluding hydrogens is 381 g/mol. The standard InChI is InChI=1S/C22H25ClFNO3/c23-19-4-2-1-3-17(19)7-10-21(28)25-12-11-20(27)22(14-25,15-26)13-16-5-8-18(24)9-6-16/h1-6,8-9,20,26-27H,7,10-15H2/t20-,22-/m0/s1. The molecule has 28 heavy (non-hydrogen) atoms. The van der Waals surface area contributed by atoms with Gasteiger partial charge in [0.05, 0.1) is 12.7 Å². The highest BCUT2D eigenvalue weighted by Crippen LogP contribution is 2.34. The van der Waals surface area contributed by atoms with Gasteiger partial charge >= 0.3 is 0 Å². The van der Waals surface area contributed by atoms with Crippen LogP contribution in [0.25, 0.3) is 0 Å². The van der Waals surface area contributed by atoms with Crippen LogP contribution in [0.1, 0.15) is 24.0 Å². The van der Waals surface area contributed by atoms with Crippen LogP contribution in [0.3, 0.4) is 0 Å². The Labute approximate surface area is 169 Å². The van der Waals surface area contributed by atoms with E-state index in [1.807, 2.05) is 18.2 Å². The predicted octanol–water partition coefficient (Wildman–Crippen LogP) is 3.23. The van der Waals surface area contributed by atoms with Crippen molar-refractivity contribution < 1.29 is 19.4 Å². The maximum Gasteiger partial charge on any atom is 0.222 e. The summed E-state index contributed by atoms with van der Waals surface area (Å²) in [6.07, 6.45) is 0.911. The van der Waals surface area contributed by atoms with E-state index < -0.39 is 11.5 Å². The van der Waals surface area contributed by atoms with Gasteiger partial charge in [0.25, 0.3) is 0 Å². The highest BCUT2D eigenvalue weighted by atomic mass is 35.5. The van der Waals surface area contributed by atoms with Crippen LogP contribution in [0.5, 0.6) is 0 Å². The van der Waals surface area contributed by atoms with Crippen molar-refractivity contribution in [1.82, 2.24) is 4.90 Å². The first-order chi connectivity index (χ1) is 13.4. The number of hydrogen-bond donors (Lipinski definition) is 2. The number of aryl methyl sites for hydroxylation is 1. The van der Waals surface area contributed by atoms with E-state index in [1.165, 1.54) is 12.1 Å². The van der Waals surface area contributed by atoms with E-state index in [9.17, 15) is 19.4 Å². The molecule has 1 aliphatic rings. The van der Waals surface area contributed by atoms with Crippen LogP contribution in [0.4, 0.5) is 4.39 Å². The predicted molar refractivity (Wildman–Crippen MR) is 107 cm³/mol. The average molecular weight is 406 g/mol. The molecule has 4 nitrogen and oxygen atoms in total. The number of hydrogen-bond acceptors (Lipinski definition) is 3. The summed E-state index contributed by atoms with van der Waals surface area (Å²) in [5, 5.41) is 21.3. The second-order valence-electron chi connectivity index (χ2n) is 7.53. The minimum Gasteiger partial charge on any atom is -0.396 e. The smallest absolute Gasteiger partial charge is 0.222 e. The summed E-state index contributed by atoms with van der Waals surface area (Å²) in [5.41, 5.74) is 0.894. The number of likely N-dealkylation sites (tertiary alicyclic amines) is 1. The molecule has 0 saturated carbocycles. The van der Waals surface area contributed by atoms with Crippen LogP contribution in [0, 0.1) is 11.2 Å². The lowest BCUT2D eigenvalue weighted by atomic mass is 9.73. The Morgan fingerprint density at radius 3 is 2.61 bits per heavy atom. The molecule has 3 rings (SSSR count). The van der Waals surface area contributed by atoms with Crippen molar-refractivity contribution in [3.8, 4) is 0 Å². The molecule has 0 radical (unpaired) electrons. The van der Waals surface area contributed by atoms with Gasteiger partial charge in [-0.1, -0.05) is 41.9 Å². The Morgan fingerprint density at radius 1 is 1.21 bits per heavy atom. The van der Waals surface area contributed by atoms with Gasteiger partial charge in [0, 0.05) is 29.9 Å². The van der Waals surface area contributed by atoms with Crippen LogP contribution in [-0.2, 0) is 17.6 Å². The fraction of sp³-hybridized carbons (Fsp3) is 0.409. The molecule has 0 aliphatic carbocycles. The first-order valence-electron chi connectivity index (χ1n) is 9.48. The van der Waals surface area contributed by atoms with E-state index in [4.69, 9.17) is 11.6 Å². The van der Waals surface area contributed by atoms with E-state index in [2.05, 4.69) is 0 Å². The molecule has 150 valence electrons. The van der Waals surface area contributed by atoms with Crippen LogP contribution in [-0.4, -0.2) is 46.8 Å². The first kappa shape index (κ1) is 20.8. The van der Waals surface area contributed by atoms with E-state index in [-0.39, 0.29) is 24.9 Å². The number of benzene rings is 2. The second kappa shape index (κ2) is 9.03. The van der Waals surface area contributed by atoms with E-state index in [0.29, 0.717) is 37.3 Å². The number of nitrogens with zero attached hydrogens (tertiary/aromatic N) is 1. The topological polar surface area (TPSA) is 60.8 Å². The highest BCUT2D eigenvalue weighted by Gasteiger charge is 2.43. The lowest BCUT2D eigenvalue weighted by molar-refractivity contribution is -0.141. The van der Waals surface area contributed by atoms with Crippen LogP contribution < -0.4 is 0 Å². The molecule has 1 heterocycles. The maximum absolute atomic E-state index is 13.2. The van der Waals surface area contributed by atoms with Gasteiger partial charge in [-0.25, -0.2) is 4.39 Å². The van der Waals surface area contributed by atoms with Crippen molar-refractivity contribution in [3.63, 3.8) is 0 Å². The molecule has 2 atom stereocenters. The summed E-state index contributed by atoms with van der Waals surface area (Å²) in [6, 6.07) is 13.5. The van der Waals surface area contributed by atoms with Crippen molar-refractivity contribution in [2.24, 2.45) is 5.41 Å². The summed E-state index contributed by atoms with van der Waals surface area (Å²) in [7, 11) is 0. The van der Waals surface area contributed by atoms with Crippen LogP contribution >= 0.6 is 11.6 Å². The van der Waals surface area contributed by atoms with Crippen molar-refractivity contribution in [1.29, 1.82) is 0 Å². The number of rotatable bonds is 6. The van der Waals surface area contributed by atoms with Gasteiger partial charge in [0.2, 0.25) is 5.91 Å². The van der Waals surface area contributed by atoms with Gasteiger partial charge < -0.3 is 15.1 Å². The fourth-order valence-corrected chi connectivity index (χ4v) is 4.09. The summed E-state index contributed by atoms with van der Waals surface area (Å²) in [6.45, 7) is 0.469. The Bertz CT molecular complexity index is 814. The number of carbonyl (C=O) groups excluding carboxylic acids is 1. The highest BCUT2D eigenvalue weighted by molar-refractivity contribution is 6.31. The molecular formula is C22H25ClFNO3. The number of amides is 1. The van der Waals surface area contributed by atoms with E-state index in [1.54, 1.807) is 23.1 Å².